The molecule has 1 spiro atoms. The first-order chi connectivity index (χ1) is 11.3. The lowest BCUT2D eigenvalue weighted by Gasteiger charge is -2.46. The maximum absolute atomic E-state index is 12.4. The normalized spacial score (nSPS) is 24.4. The highest BCUT2D eigenvalue weighted by Gasteiger charge is 2.54. The van der Waals surface area contributed by atoms with Crippen LogP contribution in [0, 0.1) is 12.3 Å². The molecule has 1 aromatic carbocycles. The largest absolute Gasteiger partial charge is 0.347 e. The van der Waals surface area contributed by atoms with Crippen molar-refractivity contribution in [2.45, 2.75) is 50.7 Å². The highest BCUT2D eigenvalue weighted by Crippen LogP contribution is 2.47. The molecule has 1 saturated heterocycles. The third-order valence-electron chi connectivity index (χ3n) is 4.98. The number of aryl methyl sites for hydroxylation is 1. The van der Waals surface area contributed by atoms with E-state index in [0.29, 0.717) is 13.2 Å². The summed E-state index contributed by atoms with van der Waals surface area (Å²) in [4.78, 5) is 2.58. The Bertz CT molecular complexity index is 732. The topological polar surface area (TPSA) is 77.0 Å². The van der Waals surface area contributed by atoms with Crippen LogP contribution in [0.5, 0.6) is 0 Å². The van der Waals surface area contributed by atoms with Crippen LogP contribution in [0.2, 0.25) is 0 Å². The van der Waals surface area contributed by atoms with Crippen LogP contribution in [-0.2, 0) is 19.5 Å². The van der Waals surface area contributed by atoms with Gasteiger partial charge in [-0.25, -0.2) is 4.83 Å². The van der Waals surface area contributed by atoms with Gasteiger partial charge in [0.25, 0.3) is 10.0 Å². The molecule has 0 radical (unpaired) electrons. The van der Waals surface area contributed by atoms with Gasteiger partial charge in [0.05, 0.1) is 23.5 Å². The molecule has 1 aliphatic heterocycles. The highest BCUT2D eigenvalue weighted by atomic mass is 32.2. The lowest BCUT2D eigenvalue weighted by Crippen LogP contribution is -2.53. The fraction of sp³-hybridized carbons (Fsp3) is 0.588. The van der Waals surface area contributed by atoms with Crippen molar-refractivity contribution in [1.29, 1.82) is 0 Å². The van der Waals surface area contributed by atoms with E-state index in [4.69, 9.17) is 9.47 Å². The molecule has 6 nitrogen and oxygen atoms in total. The summed E-state index contributed by atoms with van der Waals surface area (Å²) in [6.45, 7) is 7.03. The Kier molecular flexibility index (Phi) is 4.44. The molecule has 0 amide bonds. The summed E-state index contributed by atoms with van der Waals surface area (Å²) < 4.78 is 36.6. The lowest BCUT2D eigenvalue weighted by molar-refractivity contribution is -0.216. The Balaban J connectivity index is 1.84. The van der Waals surface area contributed by atoms with Gasteiger partial charge in [0.2, 0.25) is 0 Å². The molecule has 1 N–H and O–H groups in total. The smallest absolute Gasteiger partial charge is 0.276 e. The van der Waals surface area contributed by atoms with Gasteiger partial charge in [0, 0.05) is 12.1 Å². The minimum atomic E-state index is -3.68. The summed E-state index contributed by atoms with van der Waals surface area (Å²) in [5, 5.41) is 4.24. The van der Waals surface area contributed by atoms with E-state index < -0.39 is 21.2 Å². The summed E-state index contributed by atoms with van der Waals surface area (Å²) in [5.41, 5.74) is 1.27. The monoisotopic (exact) mass is 352 g/mol. The van der Waals surface area contributed by atoms with Crippen molar-refractivity contribution in [3.63, 3.8) is 0 Å². The van der Waals surface area contributed by atoms with Gasteiger partial charge in [-0.2, -0.15) is 13.5 Å². The molecule has 2 fully saturated rings. The first kappa shape index (κ1) is 17.4. The highest BCUT2D eigenvalue weighted by molar-refractivity contribution is 7.89. The van der Waals surface area contributed by atoms with Crippen LogP contribution in [0.25, 0.3) is 0 Å². The minimum absolute atomic E-state index is 0.203. The van der Waals surface area contributed by atoms with E-state index in [2.05, 4.69) is 9.93 Å². The van der Waals surface area contributed by atoms with Crippen molar-refractivity contribution < 1.29 is 17.9 Å². The van der Waals surface area contributed by atoms with Crippen molar-refractivity contribution in [1.82, 2.24) is 4.83 Å². The van der Waals surface area contributed by atoms with E-state index in [9.17, 15) is 8.42 Å². The molecule has 0 bridgehead atoms. The van der Waals surface area contributed by atoms with Crippen LogP contribution in [-0.4, -0.2) is 33.1 Å². The fourth-order valence-corrected chi connectivity index (χ4v) is 4.20. The second kappa shape index (κ2) is 6.13. The number of nitrogens with one attached hydrogen (secondary N) is 1. The van der Waals surface area contributed by atoms with Crippen molar-refractivity contribution >= 4 is 15.7 Å². The number of sulfonamides is 1. The van der Waals surface area contributed by atoms with Crippen LogP contribution in [0.1, 0.15) is 38.7 Å². The number of hydrazone groups is 1. The summed E-state index contributed by atoms with van der Waals surface area (Å²) in [6.07, 6.45) is 2.37. The Morgan fingerprint density at radius 2 is 1.75 bits per heavy atom. The van der Waals surface area contributed by atoms with Crippen molar-refractivity contribution in [2.75, 3.05) is 13.2 Å². The zero-order chi connectivity index (χ0) is 17.4. The van der Waals surface area contributed by atoms with Gasteiger partial charge in [-0.1, -0.05) is 17.7 Å². The maximum atomic E-state index is 12.4. The Morgan fingerprint density at radius 1 is 1.12 bits per heavy atom. The summed E-state index contributed by atoms with van der Waals surface area (Å²) in [6, 6.07) is 6.69. The quantitative estimate of drug-likeness (QED) is 0.848. The number of ether oxygens (including phenoxy) is 2. The Morgan fingerprint density at radius 3 is 2.38 bits per heavy atom. The van der Waals surface area contributed by atoms with Crippen molar-refractivity contribution in [3.05, 3.63) is 29.8 Å². The molecule has 3 rings (SSSR count). The fourth-order valence-electron chi connectivity index (χ4n) is 3.37. The second-order valence-electron chi connectivity index (χ2n) is 6.89. The van der Waals surface area contributed by atoms with Crippen molar-refractivity contribution in [2.24, 2.45) is 10.5 Å². The zero-order valence-electron chi connectivity index (χ0n) is 14.3. The second-order valence-corrected chi connectivity index (χ2v) is 8.56. The molecule has 132 valence electrons. The maximum Gasteiger partial charge on any atom is 0.276 e. The van der Waals surface area contributed by atoms with E-state index in [0.717, 1.165) is 30.5 Å². The van der Waals surface area contributed by atoms with Gasteiger partial charge >= 0.3 is 0 Å². The first-order valence-electron chi connectivity index (χ1n) is 8.20. The number of hydrogen-bond donors (Lipinski definition) is 1. The summed E-state index contributed by atoms with van der Waals surface area (Å²) in [5.74, 6) is -0.695. The first-order valence-corrected chi connectivity index (χ1v) is 9.69. The van der Waals surface area contributed by atoms with Crippen molar-refractivity contribution in [3.8, 4) is 0 Å². The van der Waals surface area contributed by atoms with Gasteiger partial charge in [-0.3, -0.25) is 0 Å². The van der Waals surface area contributed by atoms with Gasteiger partial charge in [-0.05, 0) is 45.7 Å². The molecular formula is C17H24N2O4S. The van der Waals surface area contributed by atoms with E-state index in [1.165, 1.54) is 0 Å². The standard InChI is InChI=1S/C17H24N2O4S/c1-13-6-8-14(9-7-13)24(20,21)19-18-15-5-4-10-17(16(15,2)3)22-11-12-23-17/h6-9,19H,4-5,10-12H2,1-3H3/b18-15+. The van der Waals surface area contributed by atoms with E-state index in [1.54, 1.807) is 24.3 Å². The minimum Gasteiger partial charge on any atom is -0.347 e. The Hall–Kier alpha value is -1.44. The van der Waals surface area contributed by atoms with Crippen LogP contribution in [0.3, 0.4) is 0 Å². The zero-order valence-corrected chi connectivity index (χ0v) is 15.1. The van der Waals surface area contributed by atoms with Crippen LogP contribution >= 0.6 is 0 Å². The summed E-state index contributed by atoms with van der Waals surface area (Å²) >= 11 is 0. The van der Waals surface area contributed by atoms with Gasteiger partial charge in [-0.15, -0.1) is 0 Å². The average molecular weight is 352 g/mol. The molecule has 0 unspecified atom stereocenters. The van der Waals surface area contributed by atoms with Crippen LogP contribution < -0.4 is 4.83 Å². The lowest BCUT2D eigenvalue weighted by atomic mass is 9.70. The molecule has 7 heteroatoms. The predicted octanol–water partition coefficient (Wildman–Crippen LogP) is 2.58. The number of benzene rings is 1. The van der Waals surface area contributed by atoms with E-state index >= 15 is 0 Å². The predicted molar refractivity (Wildman–Crippen MR) is 91.2 cm³/mol. The molecule has 1 aromatic rings. The molecule has 0 atom stereocenters. The van der Waals surface area contributed by atoms with Crippen LogP contribution in [0.15, 0.2) is 34.3 Å². The molecule has 1 saturated carbocycles. The molecule has 1 heterocycles. The van der Waals surface area contributed by atoms with Gasteiger partial charge in [0.1, 0.15) is 0 Å². The third-order valence-corrected chi connectivity index (χ3v) is 6.20. The average Bonchev–Trinajstić information content (AvgIpc) is 3.00. The Labute approximate surface area is 143 Å². The summed E-state index contributed by atoms with van der Waals surface area (Å²) in [7, 11) is -3.68. The van der Waals surface area contributed by atoms with Gasteiger partial charge < -0.3 is 9.47 Å². The van der Waals surface area contributed by atoms with E-state index in [1.807, 2.05) is 20.8 Å². The van der Waals surface area contributed by atoms with Gasteiger partial charge in [0.15, 0.2) is 5.79 Å². The molecule has 24 heavy (non-hydrogen) atoms. The van der Waals surface area contributed by atoms with E-state index in [-0.39, 0.29) is 4.90 Å². The SMILES string of the molecule is Cc1ccc(S(=O)(=O)N/N=C2\CCCC3(OCCO3)C2(C)C)cc1. The third kappa shape index (κ3) is 2.96. The number of rotatable bonds is 3. The molecular weight excluding hydrogens is 328 g/mol. The number of nitrogens with zero attached hydrogens (tertiary/aromatic N) is 1. The number of hydrogen-bond acceptors (Lipinski definition) is 5. The molecule has 2 aliphatic rings. The molecule has 1 aliphatic carbocycles. The molecule has 0 aromatic heterocycles. The van der Waals surface area contributed by atoms with Crippen LogP contribution in [0.4, 0.5) is 0 Å².